The molecule has 6 heteroatoms. The molecule has 0 fully saturated rings. The molecular formula is C16H13ClN2O3. The van der Waals surface area contributed by atoms with Crippen molar-refractivity contribution in [2.24, 2.45) is 0 Å². The van der Waals surface area contributed by atoms with Gasteiger partial charge in [-0.2, -0.15) is 5.26 Å². The van der Waals surface area contributed by atoms with Crippen LogP contribution in [-0.2, 0) is 0 Å². The van der Waals surface area contributed by atoms with E-state index in [1.54, 1.807) is 30.3 Å². The summed E-state index contributed by atoms with van der Waals surface area (Å²) in [7, 11) is 3.02. The molecule has 2 rings (SSSR count). The van der Waals surface area contributed by atoms with Gasteiger partial charge in [-0.15, -0.1) is 0 Å². The Hall–Kier alpha value is -2.71. The van der Waals surface area contributed by atoms with Crippen LogP contribution >= 0.6 is 11.6 Å². The van der Waals surface area contributed by atoms with Crippen molar-refractivity contribution in [3.63, 3.8) is 0 Å². The molecule has 0 radical (unpaired) electrons. The molecule has 0 unspecified atom stereocenters. The van der Waals surface area contributed by atoms with Crippen LogP contribution in [0.5, 0.6) is 11.5 Å². The second kappa shape index (κ2) is 6.83. The number of carbonyl (C=O) groups is 1. The second-order valence-corrected chi connectivity index (χ2v) is 4.77. The fourth-order valence-corrected chi connectivity index (χ4v) is 1.99. The molecule has 1 N–H and O–H groups in total. The molecular weight excluding hydrogens is 304 g/mol. The highest BCUT2D eigenvalue weighted by molar-refractivity contribution is 6.31. The zero-order valence-electron chi connectivity index (χ0n) is 12.0. The van der Waals surface area contributed by atoms with E-state index in [4.69, 9.17) is 26.3 Å². The molecule has 2 aromatic rings. The lowest BCUT2D eigenvalue weighted by atomic mass is 10.1. The first-order valence-electron chi connectivity index (χ1n) is 6.31. The molecule has 0 aromatic heterocycles. The van der Waals surface area contributed by atoms with Crippen LogP contribution in [-0.4, -0.2) is 20.1 Å². The largest absolute Gasteiger partial charge is 0.497 e. The molecule has 112 valence electrons. The van der Waals surface area contributed by atoms with E-state index >= 15 is 0 Å². The zero-order valence-corrected chi connectivity index (χ0v) is 12.8. The first-order chi connectivity index (χ1) is 10.6. The van der Waals surface area contributed by atoms with E-state index in [-0.39, 0.29) is 5.91 Å². The Morgan fingerprint density at radius 3 is 2.32 bits per heavy atom. The van der Waals surface area contributed by atoms with Crippen molar-refractivity contribution in [1.82, 2.24) is 0 Å². The highest BCUT2D eigenvalue weighted by Gasteiger charge is 2.11. The first kappa shape index (κ1) is 15.7. The normalized spacial score (nSPS) is 9.73. The van der Waals surface area contributed by atoms with Crippen molar-refractivity contribution in [2.45, 2.75) is 0 Å². The lowest BCUT2D eigenvalue weighted by molar-refractivity contribution is 0.102. The minimum Gasteiger partial charge on any atom is -0.497 e. The van der Waals surface area contributed by atoms with Gasteiger partial charge in [0.2, 0.25) is 0 Å². The zero-order chi connectivity index (χ0) is 16.1. The number of nitriles is 1. The van der Waals surface area contributed by atoms with E-state index in [1.165, 1.54) is 20.3 Å². The van der Waals surface area contributed by atoms with E-state index < -0.39 is 0 Å². The number of hydrogen-bond donors (Lipinski definition) is 1. The molecule has 0 atom stereocenters. The van der Waals surface area contributed by atoms with Crippen LogP contribution in [0.3, 0.4) is 0 Å². The summed E-state index contributed by atoms with van der Waals surface area (Å²) in [5.41, 5.74) is 1.15. The lowest BCUT2D eigenvalue weighted by Gasteiger charge is -2.09. The topological polar surface area (TPSA) is 71.3 Å². The number of rotatable bonds is 4. The van der Waals surface area contributed by atoms with Gasteiger partial charge >= 0.3 is 0 Å². The molecule has 0 aliphatic rings. The van der Waals surface area contributed by atoms with Crippen molar-refractivity contribution < 1.29 is 14.3 Å². The minimum atomic E-state index is -0.344. The van der Waals surface area contributed by atoms with Gasteiger partial charge < -0.3 is 14.8 Å². The first-order valence-corrected chi connectivity index (χ1v) is 6.69. The molecule has 0 spiro atoms. The van der Waals surface area contributed by atoms with Crippen LogP contribution in [0.1, 0.15) is 15.9 Å². The highest BCUT2D eigenvalue weighted by atomic mass is 35.5. The van der Waals surface area contributed by atoms with E-state index in [2.05, 4.69) is 5.32 Å². The van der Waals surface area contributed by atoms with Crippen molar-refractivity contribution in [3.05, 3.63) is 52.5 Å². The molecule has 5 nitrogen and oxygen atoms in total. The Bertz CT molecular complexity index is 731. The highest BCUT2D eigenvalue weighted by Crippen LogP contribution is 2.24. The van der Waals surface area contributed by atoms with Crippen molar-refractivity contribution in [1.29, 1.82) is 5.26 Å². The Kier molecular flexibility index (Phi) is 4.87. The molecule has 0 heterocycles. The van der Waals surface area contributed by atoms with Crippen LogP contribution in [0.25, 0.3) is 0 Å². The predicted molar refractivity (Wildman–Crippen MR) is 83.7 cm³/mol. The number of nitrogens with one attached hydrogen (secondary N) is 1. The molecule has 0 aliphatic carbocycles. The third-order valence-corrected chi connectivity index (χ3v) is 3.29. The molecule has 22 heavy (non-hydrogen) atoms. The van der Waals surface area contributed by atoms with E-state index in [0.717, 1.165) is 0 Å². The molecule has 1 amide bonds. The second-order valence-electron chi connectivity index (χ2n) is 4.36. The number of methoxy groups -OCH3 is 2. The minimum absolute atomic E-state index is 0.294. The third-order valence-electron chi connectivity index (χ3n) is 2.96. The summed E-state index contributed by atoms with van der Waals surface area (Å²) in [6, 6.07) is 11.5. The summed E-state index contributed by atoms with van der Waals surface area (Å²) >= 11 is 5.86. The number of carbonyl (C=O) groups excluding carboxylic acids is 1. The fourth-order valence-electron chi connectivity index (χ4n) is 1.83. The van der Waals surface area contributed by atoms with Gasteiger partial charge in [0.15, 0.2) is 0 Å². The summed E-state index contributed by atoms with van der Waals surface area (Å²) < 4.78 is 10.3. The summed E-state index contributed by atoms with van der Waals surface area (Å²) in [6.07, 6.45) is 0. The van der Waals surface area contributed by atoms with Crippen LogP contribution in [0.2, 0.25) is 5.02 Å². The molecule has 0 saturated heterocycles. The monoisotopic (exact) mass is 316 g/mol. The Morgan fingerprint density at radius 2 is 1.77 bits per heavy atom. The maximum Gasteiger partial charge on any atom is 0.255 e. The van der Waals surface area contributed by atoms with Gasteiger partial charge in [-0.05, 0) is 30.3 Å². The number of anilines is 1. The van der Waals surface area contributed by atoms with Crippen LogP contribution in [0.15, 0.2) is 36.4 Å². The molecule has 0 bridgehead atoms. The van der Waals surface area contributed by atoms with Gasteiger partial charge in [-0.3, -0.25) is 4.79 Å². The van der Waals surface area contributed by atoms with Crippen molar-refractivity contribution in [3.8, 4) is 17.6 Å². The smallest absolute Gasteiger partial charge is 0.255 e. The van der Waals surface area contributed by atoms with Crippen LogP contribution in [0.4, 0.5) is 5.69 Å². The molecule has 2 aromatic carbocycles. The average Bonchev–Trinajstić information content (AvgIpc) is 2.55. The predicted octanol–water partition coefficient (Wildman–Crippen LogP) is 3.48. The summed E-state index contributed by atoms with van der Waals surface area (Å²) in [4.78, 5) is 12.3. The number of nitrogens with zero attached hydrogens (tertiary/aromatic N) is 1. The maximum atomic E-state index is 12.3. The standard InChI is InChI=1S/C16H13ClN2O3/c1-21-13-6-10(7-14(8-13)22-2)16(20)19-12-3-4-15(17)11(5-12)9-18/h3-8H,1-2H3,(H,19,20). The number of hydrogen-bond acceptors (Lipinski definition) is 4. The van der Waals surface area contributed by atoms with Gasteiger partial charge in [0.1, 0.15) is 17.6 Å². The van der Waals surface area contributed by atoms with Gasteiger partial charge in [-0.1, -0.05) is 11.6 Å². The van der Waals surface area contributed by atoms with E-state index in [0.29, 0.717) is 33.3 Å². The summed E-state index contributed by atoms with van der Waals surface area (Å²) in [6.45, 7) is 0. The summed E-state index contributed by atoms with van der Waals surface area (Å²) in [5, 5.41) is 12.0. The van der Waals surface area contributed by atoms with Gasteiger partial charge in [0, 0.05) is 17.3 Å². The van der Waals surface area contributed by atoms with Crippen molar-refractivity contribution in [2.75, 3.05) is 19.5 Å². The SMILES string of the molecule is COc1cc(OC)cc(C(=O)Nc2ccc(Cl)c(C#N)c2)c1. The fraction of sp³-hybridized carbons (Fsp3) is 0.125. The summed E-state index contributed by atoms with van der Waals surface area (Å²) in [5.74, 6) is 0.681. The van der Waals surface area contributed by atoms with E-state index in [9.17, 15) is 4.79 Å². The third kappa shape index (κ3) is 3.48. The number of benzene rings is 2. The Labute approximate surface area is 133 Å². The van der Waals surface area contributed by atoms with Gasteiger partial charge in [0.25, 0.3) is 5.91 Å². The van der Waals surface area contributed by atoms with Crippen molar-refractivity contribution >= 4 is 23.2 Å². The number of amides is 1. The average molecular weight is 317 g/mol. The Balaban J connectivity index is 2.27. The quantitative estimate of drug-likeness (QED) is 0.937. The van der Waals surface area contributed by atoms with E-state index in [1.807, 2.05) is 6.07 Å². The molecule has 0 saturated carbocycles. The number of halogens is 1. The van der Waals surface area contributed by atoms with Crippen LogP contribution < -0.4 is 14.8 Å². The Morgan fingerprint density at radius 1 is 1.14 bits per heavy atom. The van der Waals surface area contributed by atoms with Crippen LogP contribution in [0, 0.1) is 11.3 Å². The molecule has 0 aliphatic heterocycles. The maximum absolute atomic E-state index is 12.3. The van der Waals surface area contributed by atoms with Gasteiger partial charge in [0.05, 0.1) is 24.8 Å². The number of ether oxygens (including phenoxy) is 2. The lowest BCUT2D eigenvalue weighted by Crippen LogP contribution is -2.12. The van der Waals surface area contributed by atoms with Gasteiger partial charge in [-0.25, -0.2) is 0 Å².